The van der Waals surface area contributed by atoms with Crippen molar-refractivity contribution in [2.24, 2.45) is 0 Å². The molecule has 0 aliphatic carbocycles. The Morgan fingerprint density at radius 1 is 1.35 bits per heavy atom. The molecule has 0 radical (unpaired) electrons. The highest BCUT2D eigenvalue weighted by atomic mass is 79.9. The standard InChI is InChI=1S/C9H10BrN3S4/c10-6-1-5(2-11-3-6)7(13-9(16)17)4-12-8(14)15/h1-3,7H,4H2,(H2,12,14,15)(H2,13,16,17). The smallest absolute Gasteiger partial charge is 0.131 e. The van der Waals surface area contributed by atoms with Crippen LogP contribution in [0.25, 0.3) is 0 Å². The van der Waals surface area contributed by atoms with Crippen LogP contribution in [-0.4, -0.2) is 20.2 Å². The Bertz CT molecular complexity index is 426. The van der Waals surface area contributed by atoms with Gasteiger partial charge in [0.1, 0.15) is 8.64 Å². The highest BCUT2D eigenvalue weighted by Gasteiger charge is 2.12. The molecule has 0 spiro atoms. The zero-order chi connectivity index (χ0) is 12.8. The fourth-order valence-corrected chi connectivity index (χ4v) is 2.06. The normalized spacial score (nSPS) is 11.7. The molecule has 17 heavy (non-hydrogen) atoms. The predicted molar refractivity (Wildman–Crippen MR) is 89.0 cm³/mol. The van der Waals surface area contributed by atoms with E-state index in [-0.39, 0.29) is 6.04 Å². The molecule has 3 nitrogen and oxygen atoms in total. The minimum absolute atomic E-state index is 0.0601. The van der Waals surface area contributed by atoms with Crippen LogP contribution in [0.4, 0.5) is 0 Å². The molecule has 0 aromatic carbocycles. The quantitative estimate of drug-likeness (QED) is 0.485. The SMILES string of the molecule is S=C(S)NCC(NC(=S)S)c1cncc(Br)c1. The second kappa shape index (κ2) is 7.52. The summed E-state index contributed by atoms with van der Waals surface area (Å²) in [6.45, 7) is 0.557. The number of nitrogens with zero attached hydrogens (tertiary/aromatic N) is 1. The molecule has 0 bridgehead atoms. The van der Waals surface area contributed by atoms with Gasteiger partial charge in [-0.15, -0.1) is 25.3 Å². The molecule has 0 amide bonds. The van der Waals surface area contributed by atoms with E-state index >= 15 is 0 Å². The van der Waals surface area contributed by atoms with Crippen molar-refractivity contribution < 1.29 is 0 Å². The summed E-state index contributed by atoms with van der Waals surface area (Å²) >= 11 is 21.2. The number of thiol groups is 2. The molecule has 0 saturated carbocycles. The zero-order valence-electron chi connectivity index (χ0n) is 8.55. The molecule has 0 fully saturated rings. The molecule has 0 aliphatic rings. The van der Waals surface area contributed by atoms with Gasteiger partial charge in [-0.1, -0.05) is 24.4 Å². The Morgan fingerprint density at radius 3 is 2.59 bits per heavy atom. The first kappa shape index (κ1) is 15.2. The van der Waals surface area contributed by atoms with Gasteiger partial charge in [0.25, 0.3) is 0 Å². The van der Waals surface area contributed by atoms with Crippen molar-refractivity contribution in [2.75, 3.05) is 6.54 Å². The van der Waals surface area contributed by atoms with Crippen LogP contribution in [0.5, 0.6) is 0 Å². The molecule has 1 atom stereocenters. The van der Waals surface area contributed by atoms with E-state index < -0.39 is 0 Å². The maximum atomic E-state index is 4.93. The van der Waals surface area contributed by atoms with E-state index in [4.69, 9.17) is 24.4 Å². The molecule has 8 heteroatoms. The highest BCUT2D eigenvalue weighted by molar-refractivity contribution is 9.10. The summed E-state index contributed by atoms with van der Waals surface area (Å²) in [6.07, 6.45) is 3.48. The van der Waals surface area contributed by atoms with E-state index in [2.05, 4.69) is 56.8 Å². The largest absolute Gasteiger partial charge is 0.369 e. The Morgan fingerprint density at radius 2 is 2.06 bits per heavy atom. The van der Waals surface area contributed by atoms with Crippen molar-refractivity contribution in [3.05, 3.63) is 28.5 Å². The van der Waals surface area contributed by atoms with Crippen molar-refractivity contribution in [3.8, 4) is 0 Å². The van der Waals surface area contributed by atoms with E-state index in [0.29, 0.717) is 15.2 Å². The first-order valence-electron chi connectivity index (χ1n) is 4.55. The van der Waals surface area contributed by atoms with Crippen LogP contribution in [0.1, 0.15) is 11.6 Å². The molecule has 1 heterocycles. The summed E-state index contributed by atoms with van der Waals surface area (Å²) in [5.74, 6) is 0. The lowest BCUT2D eigenvalue weighted by molar-refractivity contribution is 0.634. The molecule has 1 unspecified atom stereocenters. The van der Waals surface area contributed by atoms with Crippen LogP contribution >= 0.6 is 65.6 Å². The molecule has 92 valence electrons. The zero-order valence-corrected chi connectivity index (χ0v) is 13.6. The molecule has 1 aromatic rings. The Hall–Kier alpha value is 0.110. The third kappa shape index (κ3) is 6.01. The lowest BCUT2D eigenvalue weighted by Crippen LogP contribution is -2.34. The van der Waals surface area contributed by atoms with Gasteiger partial charge in [0.2, 0.25) is 0 Å². The van der Waals surface area contributed by atoms with Crippen LogP contribution in [0.3, 0.4) is 0 Å². The third-order valence-electron chi connectivity index (χ3n) is 1.88. The lowest BCUT2D eigenvalue weighted by atomic mass is 10.1. The minimum atomic E-state index is -0.0601. The number of aromatic nitrogens is 1. The number of nitrogens with one attached hydrogen (secondary N) is 2. The van der Waals surface area contributed by atoms with Gasteiger partial charge in [-0.05, 0) is 27.6 Å². The Labute approximate surface area is 130 Å². The summed E-state index contributed by atoms with van der Waals surface area (Å²) in [5.41, 5.74) is 0.979. The van der Waals surface area contributed by atoms with Crippen molar-refractivity contribution >= 4 is 74.3 Å². The molecule has 2 N–H and O–H groups in total. The van der Waals surface area contributed by atoms with Crippen molar-refractivity contribution in [1.82, 2.24) is 15.6 Å². The maximum Gasteiger partial charge on any atom is 0.131 e. The van der Waals surface area contributed by atoms with Gasteiger partial charge in [0.05, 0.1) is 6.04 Å². The van der Waals surface area contributed by atoms with Gasteiger partial charge in [-0.2, -0.15) is 0 Å². The summed E-state index contributed by atoms with van der Waals surface area (Å²) in [6, 6.07) is 1.90. The number of hydrogen-bond donors (Lipinski definition) is 4. The molecule has 1 rings (SSSR count). The van der Waals surface area contributed by atoms with Crippen molar-refractivity contribution in [2.45, 2.75) is 6.04 Å². The van der Waals surface area contributed by atoms with E-state index in [1.54, 1.807) is 12.4 Å². The summed E-state index contributed by atoms with van der Waals surface area (Å²) in [4.78, 5) is 4.10. The van der Waals surface area contributed by atoms with E-state index in [0.717, 1.165) is 10.0 Å². The van der Waals surface area contributed by atoms with Crippen LogP contribution in [0.2, 0.25) is 0 Å². The van der Waals surface area contributed by atoms with Crippen molar-refractivity contribution in [1.29, 1.82) is 0 Å². The average Bonchev–Trinajstić information content (AvgIpc) is 2.23. The topological polar surface area (TPSA) is 37.0 Å². The fraction of sp³-hybridized carbons (Fsp3) is 0.222. The molecule has 0 saturated heterocycles. The van der Waals surface area contributed by atoms with Crippen LogP contribution in [-0.2, 0) is 0 Å². The van der Waals surface area contributed by atoms with Gasteiger partial charge in [-0.3, -0.25) is 4.98 Å². The number of thiocarbonyl (C=S) groups is 2. The minimum Gasteiger partial charge on any atom is -0.369 e. The van der Waals surface area contributed by atoms with Gasteiger partial charge >= 0.3 is 0 Å². The third-order valence-corrected chi connectivity index (χ3v) is 2.87. The number of rotatable bonds is 4. The molecule has 1 aromatic heterocycles. The first-order chi connectivity index (χ1) is 7.99. The van der Waals surface area contributed by atoms with E-state index in [1.807, 2.05) is 6.07 Å². The van der Waals surface area contributed by atoms with E-state index in [1.165, 1.54) is 0 Å². The monoisotopic (exact) mass is 367 g/mol. The summed E-state index contributed by atoms with van der Waals surface area (Å²) in [5, 5.41) is 6.02. The van der Waals surface area contributed by atoms with Crippen LogP contribution in [0, 0.1) is 0 Å². The van der Waals surface area contributed by atoms with Crippen LogP contribution < -0.4 is 10.6 Å². The van der Waals surface area contributed by atoms with Crippen molar-refractivity contribution in [3.63, 3.8) is 0 Å². The summed E-state index contributed by atoms with van der Waals surface area (Å²) < 4.78 is 1.76. The molecule has 0 aliphatic heterocycles. The predicted octanol–water partition coefficient (Wildman–Crippen LogP) is 2.49. The summed E-state index contributed by atoms with van der Waals surface area (Å²) in [7, 11) is 0. The van der Waals surface area contributed by atoms with Crippen LogP contribution in [0.15, 0.2) is 22.9 Å². The van der Waals surface area contributed by atoms with Gasteiger partial charge in [0.15, 0.2) is 0 Å². The van der Waals surface area contributed by atoms with E-state index in [9.17, 15) is 0 Å². The van der Waals surface area contributed by atoms with Gasteiger partial charge in [-0.25, -0.2) is 0 Å². The first-order valence-corrected chi connectivity index (χ1v) is 7.06. The number of halogens is 1. The van der Waals surface area contributed by atoms with Gasteiger partial charge < -0.3 is 10.6 Å². The molecular weight excluding hydrogens is 358 g/mol. The fourth-order valence-electron chi connectivity index (χ4n) is 1.21. The highest BCUT2D eigenvalue weighted by Crippen LogP contribution is 2.16. The second-order valence-electron chi connectivity index (χ2n) is 3.12. The lowest BCUT2D eigenvalue weighted by Gasteiger charge is -2.19. The Kier molecular flexibility index (Phi) is 6.71. The van der Waals surface area contributed by atoms with Gasteiger partial charge in [0, 0.05) is 23.4 Å². The average molecular weight is 368 g/mol. The molecular formula is C9H10BrN3S4. The maximum absolute atomic E-state index is 4.93. The number of pyridine rings is 1. The Balaban J connectivity index is 2.81. The second-order valence-corrected chi connectivity index (χ2v) is 6.36. The number of hydrogen-bond acceptors (Lipinski definition) is 3.